The second-order valence-electron chi connectivity index (χ2n) is 8.33. The van der Waals surface area contributed by atoms with Gasteiger partial charge in [-0.25, -0.2) is 13.1 Å². The van der Waals surface area contributed by atoms with E-state index in [4.69, 9.17) is 4.74 Å². The molecule has 1 saturated heterocycles. The van der Waals surface area contributed by atoms with Gasteiger partial charge in [-0.05, 0) is 57.0 Å². The van der Waals surface area contributed by atoms with Crippen LogP contribution in [0.2, 0.25) is 0 Å². The molecule has 8 heteroatoms. The number of sulfonamides is 1. The van der Waals surface area contributed by atoms with Crippen LogP contribution in [-0.4, -0.2) is 50.3 Å². The Morgan fingerprint density at radius 2 is 1.84 bits per heavy atom. The minimum atomic E-state index is -4.08. The van der Waals surface area contributed by atoms with Gasteiger partial charge in [0.15, 0.2) is 0 Å². The number of nitrogens with one attached hydrogen (secondary N) is 2. The fraction of sp³-hybridized carbons (Fsp3) is 0.458. The first kappa shape index (κ1) is 24.2. The number of amides is 1. The van der Waals surface area contributed by atoms with Crippen LogP contribution in [0.1, 0.15) is 49.0 Å². The van der Waals surface area contributed by atoms with Crippen LogP contribution in [0, 0.1) is 0 Å². The molecule has 0 bridgehead atoms. The van der Waals surface area contributed by atoms with Crippen molar-refractivity contribution in [2.75, 3.05) is 20.2 Å². The molecule has 32 heavy (non-hydrogen) atoms. The maximum Gasteiger partial charge on any atom is 0.268 e. The lowest BCUT2D eigenvalue weighted by Crippen LogP contribution is -2.57. The standard InChI is InChI=1S/C24H33N3O4S/c1-4-27-16-10-13-20(27)17-24(2,25-18-19-11-6-5-7-12-19)32(29,30)26-23(28)21-14-8-9-15-22(21)31-3/h5-9,11-12,14-15,20,25H,4,10,13,16-18H2,1-3H3,(H,26,28). The van der Waals surface area contributed by atoms with Crippen molar-refractivity contribution in [1.82, 2.24) is 14.9 Å². The molecular weight excluding hydrogens is 426 g/mol. The fourth-order valence-electron chi connectivity index (χ4n) is 4.28. The third-order valence-electron chi connectivity index (χ3n) is 6.21. The van der Waals surface area contributed by atoms with Crippen LogP contribution in [-0.2, 0) is 16.6 Å². The zero-order valence-corrected chi connectivity index (χ0v) is 19.8. The number of hydrogen-bond acceptors (Lipinski definition) is 6. The summed E-state index contributed by atoms with van der Waals surface area (Å²) >= 11 is 0. The Labute approximate surface area is 191 Å². The summed E-state index contributed by atoms with van der Waals surface area (Å²) in [7, 11) is -2.63. The number of benzene rings is 2. The molecule has 2 N–H and O–H groups in total. The van der Waals surface area contributed by atoms with Crippen molar-refractivity contribution in [2.45, 2.75) is 50.6 Å². The van der Waals surface area contributed by atoms with E-state index in [1.165, 1.54) is 7.11 Å². The highest BCUT2D eigenvalue weighted by molar-refractivity contribution is 7.91. The summed E-state index contributed by atoms with van der Waals surface area (Å²) in [5.74, 6) is -0.374. The number of carbonyl (C=O) groups excluding carboxylic acids is 1. The zero-order valence-electron chi connectivity index (χ0n) is 19.0. The van der Waals surface area contributed by atoms with Gasteiger partial charge in [0.05, 0.1) is 12.7 Å². The topological polar surface area (TPSA) is 87.7 Å². The molecule has 2 atom stereocenters. The number of rotatable bonds is 10. The van der Waals surface area contributed by atoms with Gasteiger partial charge >= 0.3 is 0 Å². The maximum absolute atomic E-state index is 13.6. The van der Waals surface area contributed by atoms with Crippen LogP contribution < -0.4 is 14.8 Å². The van der Waals surface area contributed by atoms with Gasteiger partial charge in [0.1, 0.15) is 10.6 Å². The molecule has 0 spiro atoms. The predicted molar refractivity (Wildman–Crippen MR) is 126 cm³/mol. The molecule has 174 valence electrons. The summed E-state index contributed by atoms with van der Waals surface area (Å²) in [6.07, 6.45) is 2.36. The Hall–Kier alpha value is -2.42. The average molecular weight is 460 g/mol. The van der Waals surface area contributed by atoms with E-state index in [2.05, 4.69) is 21.9 Å². The molecule has 7 nitrogen and oxygen atoms in total. The number of methoxy groups -OCH3 is 1. The normalized spacial score (nSPS) is 18.8. The van der Waals surface area contributed by atoms with Gasteiger partial charge in [-0.15, -0.1) is 0 Å². The van der Waals surface area contributed by atoms with Crippen LogP contribution in [0.3, 0.4) is 0 Å². The van der Waals surface area contributed by atoms with Crippen LogP contribution in [0.5, 0.6) is 5.75 Å². The quantitative estimate of drug-likeness (QED) is 0.568. The van der Waals surface area contributed by atoms with Crippen molar-refractivity contribution in [2.24, 2.45) is 0 Å². The van der Waals surface area contributed by atoms with Crippen molar-refractivity contribution in [3.63, 3.8) is 0 Å². The van der Waals surface area contributed by atoms with Gasteiger partial charge in [-0.2, -0.15) is 0 Å². The molecule has 0 radical (unpaired) electrons. The van der Waals surface area contributed by atoms with Crippen molar-refractivity contribution >= 4 is 15.9 Å². The average Bonchev–Trinajstić information content (AvgIpc) is 3.24. The molecule has 1 fully saturated rings. The molecule has 0 aromatic heterocycles. The number of carbonyl (C=O) groups is 1. The summed E-state index contributed by atoms with van der Waals surface area (Å²) in [5.41, 5.74) is 1.16. The molecule has 1 aliphatic heterocycles. The van der Waals surface area contributed by atoms with Gasteiger partial charge in [-0.1, -0.05) is 49.4 Å². The number of hydrogen-bond donors (Lipinski definition) is 2. The van der Waals surface area contributed by atoms with Gasteiger partial charge < -0.3 is 9.64 Å². The van der Waals surface area contributed by atoms with Gasteiger partial charge in [0, 0.05) is 12.6 Å². The van der Waals surface area contributed by atoms with E-state index in [1.54, 1.807) is 31.2 Å². The second-order valence-corrected chi connectivity index (χ2v) is 10.4. The summed E-state index contributed by atoms with van der Waals surface area (Å²) < 4.78 is 34.7. The van der Waals surface area contributed by atoms with E-state index in [-0.39, 0.29) is 11.6 Å². The predicted octanol–water partition coefficient (Wildman–Crippen LogP) is 3.14. The molecule has 2 aromatic rings. The Balaban J connectivity index is 1.86. The third-order valence-corrected chi connectivity index (χ3v) is 8.16. The number of nitrogens with zero attached hydrogens (tertiary/aromatic N) is 1. The Kier molecular flexibility index (Phi) is 7.92. The Morgan fingerprint density at radius 1 is 1.16 bits per heavy atom. The smallest absolute Gasteiger partial charge is 0.268 e. The highest BCUT2D eigenvalue weighted by Crippen LogP contribution is 2.29. The van der Waals surface area contributed by atoms with E-state index in [0.29, 0.717) is 18.7 Å². The van der Waals surface area contributed by atoms with Gasteiger partial charge in [0.2, 0.25) is 0 Å². The first-order valence-electron chi connectivity index (χ1n) is 11.0. The number of likely N-dealkylation sites (tertiary alicyclic amines) is 1. The van der Waals surface area contributed by atoms with E-state index in [1.807, 2.05) is 30.3 Å². The molecule has 0 saturated carbocycles. The van der Waals surface area contributed by atoms with E-state index < -0.39 is 20.8 Å². The van der Waals surface area contributed by atoms with Crippen molar-refractivity contribution in [1.29, 1.82) is 0 Å². The molecule has 2 unspecified atom stereocenters. The maximum atomic E-state index is 13.6. The largest absolute Gasteiger partial charge is 0.496 e. The number of ether oxygens (including phenoxy) is 1. The lowest BCUT2D eigenvalue weighted by Gasteiger charge is -2.35. The summed E-state index contributed by atoms with van der Waals surface area (Å²) in [5, 5.41) is 3.25. The first-order chi connectivity index (χ1) is 15.3. The summed E-state index contributed by atoms with van der Waals surface area (Å²) in [4.78, 5) is 13.9. The van der Waals surface area contributed by atoms with Crippen LogP contribution in [0.4, 0.5) is 0 Å². The minimum absolute atomic E-state index is 0.131. The molecule has 1 heterocycles. The van der Waals surface area contributed by atoms with E-state index in [9.17, 15) is 13.2 Å². The lowest BCUT2D eigenvalue weighted by molar-refractivity contribution is 0.0976. The van der Waals surface area contributed by atoms with Crippen molar-refractivity contribution in [3.05, 3.63) is 65.7 Å². The SMILES string of the molecule is CCN1CCCC1CC(C)(NCc1ccccc1)S(=O)(=O)NC(=O)c1ccccc1OC. The summed E-state index contributed by atoms with van der Waals surface area (Å²) in [6.45, 7) is 5.96. The molecule has 3 rings (SSSR count). The Morgan fingerprint density at radius 3 is 2.53 bits per heavy atom. The highest BCUT2D eigenvalue weighted by atomic mass is 32.2. The van der Waals surface area contributed by atoms with Crippen LogP contribution >= 0.6 is 0 Å². The Bertz CT molecular complexity index is 1010. The van der Waals surface area contributed by atoms with E-state index in [0.717, 1.165) is 31.5 Å². The second kappa shape index (κ2) is 10.5. The number of para-hydroxylation sites is 1. The fourth-order valence-corrected chi connectivity index (χ4v) is 5.53. The molecule has 1 aliphatic rings. The van der Waals surface area contributed by atoms with Crippen LogP contribution in [0.15, 0.2) is 54.6 Å². The van der Waals surface area contributed by atoms with Crippen LogP contribution in [0.25, 0.3) is 0 Å². The highest BCUT2D eigenvalue weighted by Gasteiger charge is 2.44. The van der Waals surface area contributed by atoms with E-state index >= 15 is 0 Å². The van der Waals surface area contributed by atoms with Gasteiger partial charge in [0.25, 0.3) is 15.9 Å². The molecule has 0 aliphatic carbocycles. The first-order valence-corrected chi connectivity index (χ1v) is 12.5. The monoisotopic (exact) mass is 459 g/mol. The van der Waals surface area contributed by atoms with Crippen molar-refractivity contribution < 1.29 is 17.9 Å². The third kappa shape index (κ3) is 5.49. The van der Waals surface area contributed by atoms with Crippen molar-refractivity contribution in [3.8, 4) is 5.75 Å². The summed E-state index contributed by atoms with van der Waals surface area (Å²) in [6, 6.07) is 16.4. The lowest BCUT2D eigenvalue weighted by atomic mass is 10.0. The van der Waals surface area contributed by atoms with Gasteiger partial charge in [-0.3, -0.25) is 10.1 Å². The minimum Gasteiger partial charge on any atom is -0.496 e. The molecule has 1 amide bonds. The molecular formula is C24H33N3O4S. The zero-order chi connectivity index (χ0) is 23.2. The molecule has 2 aromatic carbocycles.